The number of phenolic OH excluding ortho intramolecular Hbond substituents is 2. The normalized spacial score (nSPS) is 11.0. The predicted octanol–water partition coefficient (Wildman–Crippen LogP) is 3.01. The summed E-state index contributed by atoms with van der Waals surface area (Å²) in [5, 5.41) is 24.9. The van der Waals surface area contributed by atoms with E-state index in [1.54, 1.807) is 0 Å². The first-order valence-corrected chi connectivity index (χ1v) is 6.98. The summed E-state index contributed by atoms with van der Waals surface area (Å²) in [6.45, 7) is 0. The van der Waals surface area contributed by atoms with Gasteiger partial charge in [-0.2, -0.15) is 5.10 Å². The maximum absolute atomic E-state index is 11.9. The van der Waals surface area contributed by atoms with Crippen LogP contribution >= 0.6 is 0 Å². The molecule has 0 aliphatic carbocycles. The number of nitrogens with zero attached hydrogens (tertiary/aromatic N) is 1. The zero-order valence-corrected chi connectivity index (χ0v) is 12.1. The first kappa shape index (κ1) is 14.6. The molecule has 0 aliphatic heterocycles. The molecule has 0 atom stereocenters. The molecular weight excluding hydrogens is 292 g/mol. The summed E-state index contributed by atoms with van der Waals surface area (Å²) in [4.78, 5) is 11.9. The maximum Gasteiger partial charge on any atom is 0.275 e. The minimum atomic E-state index is -0.556. The number of carbonyl (C=O) groups excluding carboxylic acids is 1. The molecule has 3 aromatic carbocycles. The van der Waals surface area contributed by atoms with Crippen molar-refractivity contribution in [1.29, 1.82) is 0 Å². The Morgan fingerprint density at radius 2 is 1.74 bits per heavy atom. The third kappa shape index (κ3) is 3.29. The molecule has 0 saturated heterocycles. The van der Waals surface area contributed by atoms with E-state index in [1.165, 1.54) is 18.3 Å². The quantitative estimate of drug-likeness (QED) is 0.514. The molecule has 3 rings (SSSR count). The molecule has 0 aromatic heterocycles. The molecule has 3 N–H and O–H groups in total. The van der Waals surface area contributed by atoms with E-state index in [1.807, 2.05) is 42.5 Å². The average molecular weight is 306 g/mol. The molecule has 3 aromatic rings. The monoisotopic (exact) mass is 306 g/mol. The van der Waals surface area contributed by atoms with Gasteiger partial charge in [0.25, 0.3) is 5.91 Å². The van der Waals surface area contributed by atoms with E-state index in [9.17, 15) is 15.0 Å². The van der Waals surface area contributed by atoms with Crippen molar-refractivity contribution < 1.29 is 15.0 Å². The summed E-state index contributed by atoms with van der Waals surface area (Å²) in [6, 6.07) is 17.5. The van der Waals surface area contributed by atoms with Gasteiger partial charge in [0.15, 0.2) is 0 Å². The molecule has 0 aliphatic rings. The van der Waals surface area contributed by atoms with E-state index in [0.29, 0.717) is 0 Å². The number of carbonyl (C=O) groups is 1. The van der Waals surface area contributed by atoms with Crippen LogP contribution in [0.4, 0.5) is 0 Å². The van der Waals surface area contributed by atoms with Gasteiger partial charge in [0.1, 0.15) is 11.5 Å². The van der Waals surface area contributed by atoms with Crippen LogP contribution in [-0.2, 0) is 0 Å². The number of hydrogen-bond acceptors (Lipinski definition) is 4. The Morgan fingerprint density at radius 3 is 2.52 bits per heavy atom. The van der Waals surface area contributed by atoms with Crippen molar-refractivity contribution in [3.63, 3.8) is 0 Å². The van der Waals surface area contributed by atoms with Crippen molar-refractivity contribution >= 4 is 22.9 Å². The van der Waals surface area contributed by atoms with Crippen LogP contribution in [0.1, 0.15) is 15.9 Å². The zero-order chi connectivity index (χ0) is 16.2. The Kier molecular flexibility index (Phi) is 3.93. The van der Waals surface area contributed by atoms with Crippen molar-refractivity contribution in [2.45, 2.75) is 0 Å². The Hall–Kier alpha value is -3.34. The second kappa shape index (κ2) is 6.19. The van der Waals surface area contributed by atoms with Gasteiger partial charge in [0.05, 0.1) is 11.8 Å². The van der Waals surface area contributed by atoms with E-state index >= 15 is 0 Å². The van der Waals surface area contributed by atoms with E-state index in [2.05, 4.69) is 10.5 Å². The van der Waals surface area contributed by atoms with Gasteiger partial charge < -0.3 is 10.2 Å². The number of fused-ring (bicyclic) bond motifs is 1. The van der Waals surface area contributed by atoms with E-state index in [0.717, 1.165) is 22.4 Å². The van der Waals surface area contributed by atoms with Crippen LogP contribution in [0.25, 0.3) is 10.8 Å². The molecule has 5 nitrogen and oxygen atoms in total. The molecule has 0 spiro atoms. The van der Waals surface area contributed by atoms with Crippen LogP contribution in [0.15, 0.2) is 65.8 Å². The van der Waals surface area contributed by atoms with E-state index < -0.39 is 5.91 Å². The first-order chi connectivity index (χ1) is 11.1. The lowest BCUT2D eigenvalue weighted by atomic mass is 10.1. The molecule has 0 saturated carbocycles. The highest BCUT2D eigenvalue weighted by molar-refractivity contribution is 5.97. The van der Waals surface area contributed by atoms with Crippen LogP contribution in [0.5, 0.6) is 11.5 Å². The maximum atomic E-state index is 11.9. The van der Waals surface area contributed by atoms with Crippen molar-refractivity contribution in [1.82, 2.24) is 5.43 Å². The van der Waals surface area contributed by atoms with E-state index in [4.69, 9.17) is 0 Å². The fraction of sp³-hybridized carbons (Fsp3) is 0. The van der Waals surface area contributed by atoms with Crippen molar-refractivity contribution in [3.05, 3.63) is 71.8 Å². The van der Waals surface area contributed by atoms with Crippen LogP contribution < -0.4 is 5.43 Å². The van der Waals surface area contributed by atoms with Crippen LogP contribution in [-0.4, -0.2) is 22.3 Å². The lowest BCUT2D eigenvalue weighted by molar-refractivity contribution is 0.0952. The van der Waals surface area contributed by atoms with Crippen LogP contribution in [0.2, 0.25) is 0 Å². The number of benzene rings is 3. The summed E-state index contributed by atoms with van der Waals surface area (Å²) in [5.41, 5.74) is 3.23. The highest BCUT2D eigenvalue weighted by atomic mass is 16.3. The highest BCUT2D eigenvalue weighted by Crippen LogP contribution is 2.22. The topological polar surface area (TPSA) is 81.9 Å². The summed E-state index contributed by atoms with van der Waals surface area (Å²) >= 11 is 0. The van der Waals surface area contributed by atoms with Crippen LogP contribution in [0.3, 0.4) is 0 Å². The minimum Gasteiger partial charge on any atom is -0.508 e. The average Bonchev–Trinajstić information content (AvgIpc) is 2.54. The smallest absolute Gasteiger partial charge is 0.275 e. The molecule has 114 valence electrons. The van der Waals surface area contributed by atoms with Gasteiger partial charge in [-0.05, 0) is 34.5 Å². The van der Waals surface area contributed by atoms with E-state index in [-0.39, 0.29) is 17.1 Å². The summed E-state index contributed by atoms with van der Waals surface area (Å²) < 4.78 is 0. The largest absolute Gasteiger partial charge is 0.508 e. The standard InChI is InChI=1S/C18H14N2O3/c21-15-7-8-16(17(22)10-15)18(23)20-19-11-12-5-6-13-3-1-2-4-14(13)9-12/h1-11,21-22H,(H,20,23)/b19-11+. The molecule has 0 radical (unpaired) electrons. The number of aromatic hydroxyl groups is 2. The summed E-state index contributed by atoms with van der Waals surface area (Å²) in [5.74, 6) is -0.971. The Morgan fingerprint density at radius 1 is 0.957 bits per heavy atom. The highest BCUT2D eigenvalue weighted by Gasteiger charge is 2.10. The predicted molar refractivity (Wildman–Crippen MR) is 88.8 cm³/mol. The molecular formula is C18H14N2O3. The third-order valence-corrected chi connectivity index (χ3v) is 3.38. The second-order valence-corrected chi connectivity index (χ2v) is 5.01. The van der Waals surface area contributed by atoms with Gasteiger partial charge in [0, 0.05) is 6.07 Å². The molecule has 1 amide bonds. The molecule has 0 heterocycles. The Balaban J connectivity index is 1.73. The van der Waals surface area contributed by atoms with Gasteiger partial charge in [0.2, 0.25) is 0 Å². The molecule has 0 unspecified atom stereocenters. The molecule has 5 heteroatoms. The Labute approximate surface area is 132 Å². The molecule has 0 fully saturated rings. The number of amides is 1. The number of phenols is 2. The van der Waals surface area contributed by atoms with Gasteiger partial charge in [-0.25, -0.2) is 5.43 Å². The van der Waals surface area contributed by atoms with Crippen LogP contribution in [0, 0.1) is 0 Å². The summed E-state index contributed by atoms with van der Waals surface area (Å²) in [6.07, 6.45) is 1.53. The van der Waals surface area contributed by atoms with Gasteiger partial charge in [-0.15, -0.1) is 0 Å². The van der Waals surface area contributed by atoms with Gasteiger partial charge in [-0.3, -0.25) is 4.79 Å². The summed E-state index contributed by atoms with van der Waals surface area (Å²) in [7, 11) is 0. The number of hydrazone groups is 1. The van der Waals surface area contributed by atoms with Crippen molar-refractivity contribution in [3.8, 4) is 11.5 Å². The fourth-order valence-corrected chi connectivity index (χ4v) is 2.23. The Bertz CT molecular complexity index is 904. The number of nitrogens with one attached hydrogen (secondary N) is 1. The van der Waals surface area contributed by atoms with Crippen molar-refractivity contribution in [2.24, 2.45) is 5.10 Å². The van der Waals surface area contributed by atoms with Gasteiger partial charge in [-0.1, -0.05) is 36.4 Å². The number of rotatable bonds is 3. The zero-order valence-electron chi connectivity index (χ0n) is 12.1. The minimum absolute atomic E-state index is 0.0402. The first-order valence-electron chi connectivity index (χ1n) is 6.98. The third-order valence-electron chi connectivity index (χ3n) is 3.38. The fourth-order valence-electron chi connectivity index (χ4n) is 2.23. The molecule has 0 bridgehead atoms. The lowest BCUT2D eigenvalue weighted by Gasteiger charge is -2.03. The second-order valence-electron chi connectivity index (χ2n) is 5.01. The van der Waals surface area contributed by atoms with Gasteiger partial charge >= 0.3 is 0 Å². The van der Waals surface area contributed by atoms with Crippen molar-refractivity contribution in [2.75, 3.05) is 0 Å². The SMILES string of the molecule is O=C(N/N=C/c1ccc2ccccc2c1)c1ccc(O)cc1O. The molecule has 23 heavy (non-hydrogen) atoms. The lowest BCUT2D eigenvalue weighted by Crippen LogP contribution is -2.17. The number of hydrogen-bond donors (Lipinski definition) is 3.